The SMILES string of the molecule is CCOC(CO)N1CCN(CCO)CC1. The molecule has 0 saturated carbocycles. The summed E-state index contributed by atoms with van der Waals surface area (Å²) in [6.07, 6.45) is -0.161. The first-order chi connectivity index (χ1) is 7.31. The Labute approximate surface area is 91.2 Å². The first-order valence-corrected chi connectivity index (χ1v) is 5.61. The summed E-state index contributed by atoms with van der Waals surface area (Å²) in [5.41, 5.74) is 0. The molecule has 1 aliphatic rings. The quantitative estimate of drug-likeness (QED) is 0.596. The zero-order valence-electron chi connectivity index (χ0n) is 9.43. The van der Waals surface area contributed by atoms with Crippen LogP contribution >= 0.6 is 0 Å². The number of piperazine rings is 1. The van der Waals surface area contributed by atoms with Gasteiger partial charge in [0, 0.05) is 39.3 Å². The number of β-amino-alcohol motifs (C(OH)–C–C–N with tert-alkyl or cyclic N) is 1. The van der Waals surface area contributed by atoms with E-state index in [1.54, 1.807) is 0 Å². The van der Waals surface area contributed by atoms with Gasteiger partial charge in [0.25, 0.3) is 0 Å². The maximum atomic E-state index is 9.16. The molecular weight excluding hydrogens is 196 g/mol. The van der Waals surface area contributed by atoms with E-state index in [9.17, 15) is 0 Å². The van der Waals surface area contributed by atoms with E-state index in [0.717, 1.165) is 32.7 Å². The molecule has 5 nitrogen and oxygen atoms in total. The molecule has 15 heavy (non-hydrogen) atoms. The Morgan fingerprint density at radius 2 is 1.87 bits per heavy atom. The van der Waals surface area contributed by atoms with E-state index in [2.05, 4.69) is 9.80 Å². The van der Waals surface area contributed by atoms with Crippen molar-refractivity contribution in [1.82, 2.24) is 9.80 Å². The molecule has 1 heterocycles. The van der Waals surface area contributed by atoms with Gasteiger partial charge in [-0.2, -0.15) is 0 Å². The smallest absolute Gasteiger partial charge is 0.134 e. The van der Waals surface area contributed by atoms with Crippen molar-refractivity contribution < 1.29 is 14.9 Å². The highest BCUT2D eigenvalue weighted by molar-refractivity contribution is 4.73. The van der Waals surface area contributed by atoms with Gasteiger partial charge in [0.1, 0.15) is 6.23 Å². The van der Waals surface area contributed by atoms with Gasteiger partial charge in [-0.05, 0) is 6.92 Å². The predicted octanol–water partition coefficient (Wildman–Crippen LogP) is -1.05. The van der Waals surface area contributed by atoms with Gasteiger partial charge in [0.15, 0.2) is 0 Å². The zero-order valence-corrected chi connectivity index (χ0v) is 9.43. The summed E-state index contributed by atoms with van der Waals surface area (Å²) in [4.78, 5) is 4.37. The zero-order chi connectivity index (χ0) is 11.1. The van der Waals surface area contributed by atoms with E-state index in [0.29, 0.717) is 6.61 Å². The van der Waals surface area contributed by atoms with E-state index in [1.807, 2.05) is 6.92 Å². The molecule has 1 unspecified atom stereocenters. The highest BCUT2D eigenvalue weighted by Crippen LogP contribution is 2.07. The molecule has 1 atom stereocenters. The maximum Gasteiger partial charge on any atom is 0.134 e. The van der Waals surface area contributed by atoms with Crippen LogP contribution < -0.4 is 0 Å². The van der Waals surface area contributed by atoms with Gasteiger partial charge in [0.2, 0.25) is 0 Å². The average molecular weight is 218 g/mol. The summed E-state index contributed by atoms with van der Waals surface area (Å²) in [5, 5.41) is 18.0. The summed E-state index contributed by atoms with van der Waals surface area (Å²) in [7, 11) is 0. The molecule has 1 fully saturated rings. The van der Waals surface area contributed by atoms with Crippen LogP contribution in [0.25, 0.3) is 0 Å². The highest BCUT2D eigenvalue weighted by atomic mass is 16.5. The van der Waals surface area contributed by atoms with Crippen LogP contribution in [0.5, 0.6) is 0 Å². The number of aliphatic hydroxyl groups excluding tert-OH is 2. The van der Waals surface area contributed by atoms with Crippen LogP contribution in [-0.4, -0.2) is 78.8 Å². The molecule has 5 heteroatoms. The van der Waals surface area contributed by atoms with Crippen LogP contribution in [0.1, 0.15) is 6.92 Å². The fraction of sp³-hybridized carbons (Fsp3) is 1.00. The molecule has 0 amide bonds. The molecule has 1 saturated heterocycles. The summed E-state index contributed by atoms with van der Waals surface area (Å²) < 4.78 is 5.43. The molecule has 1 rings (SSSR count). The Hall–Kier alpha value is -0.200. The van der Waals surface area contributed by atoms with Crippen molar-refractivity contribution in [1.29, 1.82) is 0 Å². The van der Waals surface area contributed by atoms with Crippen LogP contribution in [-0.2, 0) is 4.74 Å². The first-order valence-electron chi connectivity index (χ1n) is 5.61. The molecule has 0 spiro atoms. The third-order valence-corrected chi connectivity index (χ3v) is 2.75. The third kappa shape index (κ3) is 4.04. The minimum atomic E-state index is -0.161. The van der Waals surface area contributed by atoms with Crippen molar-refractivity contribution >= 4 is 0 Å². The standard InChI is InChI=1S/C10H22N2O3/c1-2-15-10(9-14)12-5-3-11(4-6-12)7-8-13/h10,13-14H,2-9H2,1H3. The minimum absolute atomic E-state index is 0.0494. The largest absolute Gasteiger partial charge is 0.395 e. The number of aliphatic hydroxyl groups is 2. The second kappa shape index (κ2) is 7.14. The normalized spacial score (nSPS) is 21.8. The van der Waals surface area contributed by atoms with Gasteiger partial charge in [-0.3, -0.25) is 9.80 Å². The Morgan fingerprint density at radius 1 is 1.20 bits per heavy atom. The van der Waals surface area contributed by atoms with E-state index in [4.69, 9.17) is 14.9 Å². The van der Waals surface area contributed by atoms with Gasteiger partial charge in [-0.1, -0.05) is 0 Å². The molecule has 0 aromatic rings. The highest BCUT2D eigenvalue weighted by Gasteiger charge is 2.22. The lowest BCUT2D eigenvalue weighted by atomic mass is 10.3. The lowest BCUT2D eigenvalue weighted by molar-refractivity contribution is -0.0968. The number of hydrogen-bond donors (Lipinski definition) is 2. The van der Waals surface area contributed by atoms with E-state index in [1.165, 1.54) is 0 Å². The Kier molecular flexibility index (Phi) is 6.12. The van der Waals surface area contributed by atoms with Gasteiger partial charge in [0.05, 0.1) is 13.2 Å². The Balaban J connectivity index is 2.28. The molecular formula is C10H22N2O3. The van der Waals surface area contributed by atoms with Gasteiger partial charge >= 0.3 is 0 Å². The third-order valence-electron chi connectivity index (χ3n) is 2.75. The predicted molar refractivity (Wildman–Crippen MR) is 57.6 cm³/mol. The second-order valence-electron chi connectivity index (χ2n) is 3.69. The van der Waals surface area contributed by atoms with Crippen molar-refractivity contribution in [2.75, 3.05) is 52.5 Å². The molecule has 0 bridgehead atoms. The van der Waals surface area contributed by atoms with Crippen molar-refractivity contribution in [3.63, 3.8) is 0 Å². The molecule has 0 aromatic carbocycles. The van der Waals surface area contributed by atoms with Crippen molar-refractivity contribution in [2.45, 2.75) is 13.2 Å². The molecule has 2 N–H and O–H groups in total. The Morgan fingerprint density at radius 3 is 2.33 bits per heavy atom. The molecule has 90 valence electrons. The van der Waals surface area contributed by atoms with Crippen LogP contribution in [0.15, 0.2) is 0 Å². The Bertz CT molecular complexity index is 161. The molecule has 0 aliphatic carbocycles. The van der Waals surface area contributed by atoms with Crippen molar-refractivity contribution in [3.05, 3.63) is 0 Å². The van der Waals surface area contributed by atoms with Crippen molar-refractivity contribution in [2.24, 2.45) is 0 Å². The molecule has 0 radical (unpaired) electrons. The van der Waals surface area contributed by atoms with E-state index >= 15 is 0 Å². The lowest BCUT2D eigenvalue weighted by Crippen LogP contribution is -2.52. The maximum absolute atomic E-state index is 9.16. The topological polar surface area (TPSA) is 56.2 Å². The lowest BCUT2D eigenvalue weighted by Gasteiger charge is -2.38. The number of rotatable bonds is 6. The fourth-order valence-corrected chi connectivity index (χ4v) is 1.88. The van der Waals surface area contributed by atoms with E-state index in [-0.39, 0.29) is 19.4 Å². The molecule has 0 aromatic heterocycles. The monoisotopic (exact) mass is 218 g/mol. The van der Waals surface area contributed by atoms with Gasteiger partial charge in [-0.25, -0.2) is 0 Å². The molecule has 1 aliphatic heterocycles. The summed E-state index contributed by atoms with van der Waals surface area (Å²) in [5.74, 6) is 0. The van der Waals surface area contributed by atoms with Crippen LogP contribution in [0, 0.1) is 0 Å². The van der Waals surface area contributed by atoms with Gasteiger partial charge < -0.3 is 14.9 Å². The summed E-state index contributed by atoms with van der Waals surface area (Å²) in [6, 6.07) is 0. The van der Waals surface area contributed by atoms with E-state index < -0.39 is 0 Å². The number of nitrogens with zero attached hydrogens (tertiary/aromatic N) is 2. The first kappa shape index (κ1) is 12.9. The van der Waals surface area contributed by atoms with Crippen LogP contribution in [0.3, 0.4) is 0 Å². The van der Waals surface area contributed by atoms with Crippen LogP contribution in [0.4, 0.5) is 0 Å². The summed E-state index contributed by atoms with van der Waals surface area (Å²) in [6.45, 7) is 7.23. The average Bonchev–Trinajstić information content (AvgIpc) is 2.28. The van der Waals surface area contributed by atoms with Crippen molar-refractivity contribution in [3.8, 4) is 0 Å². The van der Waals surface area contributed by atoms with Crippen LogP contribution in [0.2, 0.25) is 0 Å². The van der Waals surface area contributed by atoms with Gasteiger partial charge in [-0.15, -0.1) is 0 Å². The second-order valence-corrected chi connectivity index (χ2v) is 3.69. The number of hydrogen-bond acceptors (Lipinski definition) is 5. The minimum Gasteiger partial charge on any atom is -0.395 e. The fourth-order valence-electron chi connectivity index (χ4n) is 1.88. The number of ether oxygens (including phenoxy) is 1. The summed E-state index contributed by atoms with van der Waals surface area (Å²) >= 11 is 0.